The molecule has 8 heteroatoms. The van der Waals surface area contributed by atoms with Crippen molar-refractivity contribution in [1.82, 2.24) is 15.6 Å². The van der Waals surface area contributed by atoms with Gasteiger partial charge in [-0.2, -0.15) is 0 Å². The Kier molecular flexibility index (Phi) is 8.41. The van der Waals surface area contributed by atoms with Crippen LogP contribution in [0.25, 0.3) is 22.0 Å². The van der Waals surface area contributed by atoms with Crippen LogP contribution in [0.2, 0.25) is 5.02 Å². The zero-order valence-electron chi connectivity index (χ0n) is 22.4. The van der Waals surface area contributed by atoms with Crippen LogP contribution in [-0.2, 0) is 20.7 Å². The van der Waals surface area contributed by atoms with Gasteiger partial charge in [-0.15, -0.1) is 0 Å². The second-order valence-corrected chi connectivity index (χ2v) is 10.7. The van der Waals surface area contributed by atoms with Gasteiger partial charge in [0.2, 0.25) is 11.8 Å². The SMILES string of the molecule is CCOC(=O)c1[nH]c2cc(Cl)ccc2c1C(NC(=O)Cc1ccc(-c2ccccc2)cc1)C(=O)NC(C)(C)C. The van der Waals surface area contributed by atoms with E-state index in [0.29, 0.717) is 21.5 Å². The maximum absolute atomic E-state index is 13.6. The molecular weight excluding hydrogens is 514 g/mol. The molecule has 3 N–H and O–H groups in total. The van der Waals surface area contributed by atoms with Crippen molar-refractivity contribution in [2.24, 2.45) is 0 Å². The number of hydrogen-bond donors (Lipinski definition) is 3. The van der Waals surface area contributed by atoms with Crippen LogP contribution in [0.5, 0.6) is 0 Å². The maximum Gasteiger partial charge on any atom is 0.355 e. The lowest BCUT2D eigenvalue weighted by Gasteiger charge is -2.26. The van der Waals surface area contributed by atoms with Gasteiger partial charge >= 0.3 is 5.97 Å². The van der Waals surface area contributed by atoms with E-state index in [2.05, 4.69) is 15.6 Å². The van der Waals surface area contributed by atoms with Crippen LogP contribution in [0.4, 0.5) is 0 Å². The molecule has 4 aromatic rings. The fourth-order valence-electron chi connectivity index (χ4n) is 4.41. The number of carbonyl (C=O) groups is 3. The van der Waals surface area contributed by atoms with E-state index >= 15 is 0 Å². The molecule has 202 valence electrons. The molecule has 4 rings (SSSR count). The number of amides is 2. The third-order valence-corrected chi connectivity index (χ3v) is 6.30. The van der Waals surface area contributed by atoms with Gasteiger partial charge in [0.05, 0.1) is 13.0 Å². The molecule has 1 unspecified atom stereocenters. The summed E-state index contributed by atoms with van der Waals surface area (Å²) < 4.78 is 5.26. The highest BCUT2D eigenvalue weighted by molar-refractivity contribution is 6.31. The monoisotopic (exact) mass is 545 g/mol. The first-order valence-corrected chi connectivity index (χ1v) is 13.2. The summed E-state index contributed by atoms with van der Waals surface area (Å²) >= 11 is 6.19. The van der Waals surface area contributed by atoms with Crippen LogP contribution in [0.15, 0.2) is 72.8 Å². The van der Waals surface area contributed by atoms with E-state index in [4.69, 9.17) is 16.3 Å². The van der Waals surface area contributed by atoms with E-state index in [1.54, 1.807) is 25.1 Å². The minimum absolute atomic E-state index is 0.0529. The number of halogens is 1. The van der Waals surface area contributed by atoms with Crippen LogP contribution >= 0.6 is 11.6 Å². The molecular formula is C31H32ClN3O4. The zero-order chi connectivity index (χ0) is 28.2. The number of aromatic nitrogens is 1. The van der Waals surface area contributed by atoms with Crippen molar-refractivity contribution in [2.45, 2.75) is 45.7 Å². The molecule has 1 aromatic heterocycles. The summed E-state index contributed by atoms with van der Waals surface area (Å²) in [6, 6.07) is 21.6. The highest BCUT2D eigenvalue weighted by Gasteiger charge is 2.33. The number of nitrogens with one attached hydrogen (secondary N) is 3. The van der Waals surface area contributed by atoms with Crippen LogP contribution in [0.3, 0.4) is 0 Å². The number of aromatic amines is 1. The minimum atomic E-state index is -1.16. The largest absolute Gasteiger partial charge is 0.461 e. The molecule has 0 fully saturated rings. The summed E-state index contributed by atoms with van der Waals surface area (Å²) in [7, 11) is 0. The molecule has 0 bridgehead atoms. The number of rotatable bonds is 8. The molecule has 7 nitrogen and oxygen atoms in total. The van der Waals surface area contributed by atoms with Crippen molar-refractivity contribution in [3.63, 3.8) is 0 Å². The molecule has 0 saturated heterocycles. The van der Waals surface area contributed by atoms with Gasteiger partial charge in [-0.1, -0.05) is 72.3 Å². The molecule has 1 heterocycles. The first-order chi connectivity index (χ1) is 18.6. The number of fused-ring (bicyclic) bond motifs is 1. The molecule has 0 saturated carbocycles. The van der Waals surface area contributed by atoms with Crippen molar-refractivity contribution in [1.29, 1.82) is 0 Å². The standard InChI is InChI=1S/C31H32ClN3O4/c1-5-39-30(38)28-26(23-16-15-22(32)18-24(23)33-28)27(29(37)35-31(2,3)4)34-25(36)17-19-11-13-21(14-12-19)20-9-7-6-8-10-20/h6-16,18,27,33H,5,17H2,1-4H3,(H,34,36)(H,35,37). The molecule has 0 aliphatic heterocycles. The summed E-state index contributed by atoms with van der Waals surface area (Å²) in [6.45, 7) is 7.39. The zero-order valence-corrected chi connectivity index (χ0v) is 23.2. The second kappa shape index (κ2) is 11.7. The Morgan fingerprint density at radius 2 is 1.62 bits per heavy atom. The normalized spacial score (nSPS) is 12.1. The van der Waals surface area contributed by atoms with Gasteiger partial charge < -0.3 is 20.4 Å². The minimum Gasteiger partial charge on any atom is -0.461 e. The van der Waals surface area contributed by atoms with Crippen molar-refractivity contribution >= 4 is 40.3 Å². The fourth-order valence-corrected chi connectivity index (χ4v) is 4.58. The molecule has 0 spiro atoms. The van der Waals surface area contributed by atoms with Gasteiger partial charge in [-0.05, 0) is 56.5 Å². The van der Waals surface area contributed by atoms with Gasteiger partial charge in [0, 0.05) is 27.0 Å². The molecule has 0 aliphatic carbocycles. The Bertz CT molecular complexity index is 1490. The summed E-state index contributed by atoms with van der Waals surface area (Å²) in [6.07, 6.45) is 0.0529. The Morgan fingerprint density at radius 1 is 0.949 bits per heavy atom. The van der Waals surface area contributed by atoms with Crippen LogP contribution in [-0.4, -0.2) is 34.9 Å². The van der Waals surface area contributed by atoms with Crippen LogP contribution in [0.1, 0.15) is 55.4 Å². The van der Waals surface area contributed by atoms with E-state index in [9.17, 15) is 14.4 Å². The van der Waals surface area contributed by atoms with E-state index in [1.165, 1.54) is 0 Å². The van der Waals surface area contributed by atoms with E-state index < -0.39 is 23.5 Å². The smallest absolute Gasteiger partial charge is 0.355 e. The maximum atomic E-state index is 13.6. The molecule has 1 atom stereocenters. The third-order valence-electron chi connectivity index (χ3n) is 6.06. The van der Waals surface area contributed by atoms with Gasteiger partial charge in [-0.3, -0.25) is 9.59 Å². The highest BCUT2D eigenvalue weighted by Crippen LogP contribution is 2.31. The van der Waals surface area contributed by atoms with Crippen molar-refractivity contribution in [3.05, 3.63) is 94.6 Å². The topological polar surface area (TPSA) is 100 Å². The van der Waals surface area contributed by atoms with Gasteiger partial charge in [-0.25, -0.2) is 4.79 Å². The van der Waals surface area contributed by atoms with Crippen molar-refractivity contribution in [3.8, 4) is 11.1 Å². The summed E-state index contributed by atoms with van der Waals surface area (Å²) in [4.78, 5) is 42.8. The van der Waals surface area contributed by atoms with Crippen LogP contribution < -0.4 is 10.6 Å². The predicted molar refractivity (Wildman–Crippen MR) is 154 cm³/mol. The number of hydrogen-bond acceptors (Lipinski definition) is 4. The van der Waals surface area contributed by atoms with Crippen LogP contribution in [0, 0.1) is 0 Å². The fraction of sp³-hybridized carbons (Fsp3) is 0.258. The first kappa shape index (κ1) is 27.9. The molecule has 0 radical (unpaired) electrons. The third kappa shape index (κ3) is 6.86. The van der Waals surface area contributed by atoms with Crippen molar-refractivity contribution in [2.75, 3.05) is 6.61 Å². The lowest BCUT2D eigenvalue weighted by molar-refractivity contribution is -0.129. The number of carbonyl (C=O) groups excluding carboxylic acids is 3. The summed E-state index contributed by atoms with van der Waals surface area (Å²) in [5, 5.41) is 6.85. The Hall–Kier alpha value is -4.10. The second-order valence-electron chi connectivity index (χ2n) is 10.3. The quantitative estimate of drug-likeness (QED) is 0.237. The molecule has 3 aromatic carbocycles. The van der Waals surface area contributed by atoms with Crippen molar-refractivity contribution < 1.29 is 19.1 Å². The number of benzene rings is 3. The average molecular weight is 546 g/mol. The first-order valence-electron chi connectivity index (χ1n) is 12.8. The number of esters is 1. The number of H-pyrrole nitrogens is 1. The Labute approximate surface area is 232 Å². The van der Waals surface area contributed by atoms with Gasteiger partial charge in [0.25, 0.3) is 0 Å². The number of ether oxygens (including phenoxy) is 1. The lowest BCUT2D eigenvalue weighted by atomic mass is 9.99. The Morgan fingerprint density at radius 3 is 2.26 bits per heavy atom. The van der Waals surface area contributed by atoms with E-state index in [0.717, 1.165) is 16.7 Å². The van der Waals surface area contributed by atoms with Gasteiger partial charge in [0.1, 0.15) is 11.7 Å². The lowest BCUT2D eigenvalue weighted by Crippen LogP contribution is -2.48. The van der Waals surface area contributed by atoms with E-state index in [-0.39, 0.29) is 24.6 Å². The summed E-state index contributed by atoms with van der Waals surface area (Å²) in [5.41, 5.74) is 3.31. The average Bonchev–Trinajstić information content (AvgIpc) is 3.25. The van der Waals surface area contributed by atoms with E-state index in [1.807, 2.05) is 75.4 Å². The molecule has 0 aliphatic rings. The highest BCUT2D eigenvalue weighted by atomic mass is 35.5. The molecule has 2 amide bonds. The van der Waals surface area contributed by atoms with Gasteiger partial charge in [0.15, 0.2) is 0 Å². The molecule has 39 heavy (non-hydrogen) atoms. The summed E-state index contributed by atoms with van der Waals surface area (Å²) in [5.74, 6) is -1.44. The Balaban J connectivity index is 1.67. The predicted octanol–water partition coefficient (Wildman–Crippen LogP) is 5.98.